The van der Waals surface area contributed by atoms with E-state index in [1.165, 1.54) is 49.7 Å². The molecule has 0 N–H and O–H groups in total. The summed E-state index contributed by atoms with van der Waals surface area (Å²) in [5.74, 6) is 0.708. The Morgan fingerprint density at radius 2 is 1.58 bits per heavy atom. The zero-order chi connectivity index (χ0) is 23.7. The van der Waals surface area contributed by atoms with Crippen molar-refractivity contribution < 1.29 is 9.53 Å². The second-order valence-electron chi connectivity index (χ2n) is 10.8. The van der Waals surface area contributed by atoms with E-state index >= 15 is 0 Å². The molecule has 2 atom stereocenters. The zero-order valence-corrected chi connectivity index (χ0v) is 21.1. The molecule has 3 nitrogen and oxygen atoms in total. The number of hydrogen-bond acceptors (Lipinski definition) is 3. The first-order valence-corrected chi connectivity index (χ1v) is 12.9. The number of carbonyl (C=O) groups excluding carboxylic acids is 1. The maximum Gasteiger partial charge on any atom is 0.307 e. The van der Waals surface area contributed by atoms with Gasteiger partial charge in [-0.1, -0.05) is 92.8 Å². The smallest absolute Gasteiger partial charge is 0.307 e. The van der Waals surface area contributed by atoms with Crippen molar-refractivity contribution >= 4 is 5.97 Å². The molecule has 3 heteroatoms. The van der Waals surface area contributed by atoms with Crippen molar-refractivity contribution in [1.82, 2.24) is 4.90 Å². The molecule has 0 spiro atoms. The van der Waals surface area contributed by atoms with Gasteiger partial charge in [-0.15, -0.1) is 0 Å². The normalized spacial score (nSPS) is 17.0. The predicted molar refractivity (Wildman–Crippen MR) is 137 cm³/mol. The first kappa shape index (κ1) is 25.5. The van der Waals surface area contributed by atoms with Crippen molar-refractivity contribution in [2.24, 2.45) is 5.92 Å². The van der Waals surface area contributed by atoms with Gasteiger partial charge in [0.2, 0.25) is 0 Å². The number of nitrogens with zero attached hydrogens (tertiary/aromatic N) is 1. The van der Waals surface area contributed by atoms with Crippen LogP contribution in [-0.4, -0.2) is 22.5 Å². The van der Waals surface area contributed by atoms with Crippen LogP contribution < -0.4 is 0 Å². The molecule has 1 saturated carbocycles. The second kappa shape index (κ2) is 12.4. The van der Waals surface area contributed by atoms with Gasteiger partial charge in [-0.2, -0.15) is 0 Å². The Morgan fingerprint density at radius 3 is 2.18 bits per heavy atom. The van der Waals surface area contributed by atoms with E-state index in [0.717, 1.165) is 18.9 Å². The van der Waals surface area contributed by atoms with Crippen LogP contribution in [0, 0.1) is 5.92 Å². The molecule has 33 heavy (non-hydrogen) atoms. The molecule has 0 aromatic heterocycles. The highest BCUT2D eigenvalue weighted by Gasteiger charge is 2.30. The number of carbonyl (C=O) groups is 1. The van der Waals surface area contributed by atoms with E-state index < -0.39 is 5.60 Å². The van der Waals surface area contributed by atoms with Crippen LogP contribution in [0.5, 0.6) is 0 Å². The summed E-state index contributed by atoms with van der Waals surface area (Å²) in [6.07, 6.45) is 9.44. The van der Waals surface area contributed by atoms with E-state index in [1.54, 1.807) is 0 Å². The van der Waals surface area contributed by atoms with Gasteiger partial charge in [0.15, 0.2) is 0 Å². The molecule has 1 aliphatic carbocycles. The molecule has 0 radical (unpaired) electrons. The molecular weight excluding hydrogens is 406 g/mol. The first-order chi connectivity index (χ1) is 15.8. The Kier molecular flexibility index (Phi) is 9.55. The van der Waals surface area contributed by atoms with Crippen LogP contribution in [0.3, 0.4) is 0 Å². The van der Waals surface area contributed by atoms with E-state index in [0.29, 0.717) is 6.42 Å². The highest BCUT2D eigenvalue weighted by atomic mass is 16.6. The van der Waals surface area contributed by atoms with Crippen LogP contribution in [-0.2, 0) is 16.1 Å². The number of benzene rings is 2. The lowest BCUT2D eigenvalue weighted by Crippen LogP contribution is -2.40. The molecular formula is C30H43NO2. The third-order valence-electron chi connectivity index (χ3n) is 6.91. The third kappa shape index (κ3) is 8.62. The molecule has 3 rings (SSSR count). The fourth-order valence-electron chi connectivity index (χ4n) is 5.16. The van der Waals surface area contributed by atoms with Gasteiger partial charge in [0.1, 0.15) is 5.60 Å². The summed E-state index contributed by atoms with van der Waals surface area (Å²) in [5, 5.41) is 0. The lowest BCUT2D eigenvalue weighted by atomic mass is 9.84. The van der Waals surface area contributed by atoms with E-state index in [1.807, 2.05) is 20.8 Å². The van der Waals surface area contributed by atoms with Gasteiger partial charge in [-0.3, -0.25) is 9.69 Å². The van der Waals surface area contributed by atoms with E-state index in [4.69, 9.17) is 4.74 Å². The third-order valence-corrected chi connectivity index (χ3v) is 6.91. The fraction of sp³-hybridized carbons (Fsp3) is 0.567. The molecule has 2 aromatic rings. The Bertz CT molecular complexity index is 821. The Hall–Kier alpha value is -2.13. The van der Waals surface area contributed by atoms with E-state index in [-0.39, 0.29) is 18.1 Å². The molecule has 0 saturated heterocycles. The minimum absolute atomic E-state index is 0.0885. The van der Waals surface area contributed by atoms with E-state index in [9.17, 15) is 4.79 Å². The van der Waals surface area contributed by atoms with Gasteiger partial charge >= 0.3 is 5.97 Å². The molecule has 1 fully saturated rings. The maximum absolute atomic E-state index is 13.0. The summed E-state index contributed by atoms with van der Waals surface area (Å²) in [4.78, 5) is 15.5. The predicted octanol–water partition coefficient (Wildman–Crippen LogP) is 7.71. The van der Waals surface area contributed by atoms with Crippen molar-refractivity contribution in [3.8, 4) is 0 Å². The summed E-state index contributed by atoms with van der Waals surface area (Å²) in [5.41, 5.74) is 2.12. The fourth-order valence-corrected chi connectivity index (χ4v) is 5.16. The molecule has 0 amide bonds. The van der Waals surface area contributed by atoms with Crippen molar-refractivity contribution in [1.29, 1.82) is 0 Å². The quantitative estimate of drug-likeness (QED) is 0.348. The van der Waals surface area contributed by atoms with Gasteiger partial charge in [0.25, 0.3) is 0 Å². The van der Waals surface area contributed by atoms with Crippen LogP contribution in [0.4, 0.5) is 0 Å². The van der Waals surface area contributed by atoms with Crippen LogP contribution in [0.2, 0.25) is 0 Å². The maximum atomic E-state index is 13.0. The second-order valence-corrected chi connectivity index (χ2v) is 10.8. The van der Waals surface area contributed by atoms with Crippen LogP contribution in [0.1, 0.15) is 96.2 Å². The average molecular weight is 450 g/mol. The molecule has 2 unspecified atom stereocenters. The molecule has 1 aliphatic rings. The zero-order valence-electron chi connectivity index (χ0n) is 21.1. The lowest BCUT2D eigenvalue weighted by molar-refractivity contribution is -0.156. The van der Waals surface area contributed by atoms with Crippen molar-refractivity contribution in [2.75, 3.05) is 0 Å². The van der Waals surface area contributed by atoms with Crippen LogP contribution >= 0.6 is 0 Å². The van der Waals surface area contributed by atoms with Crippen LogP contribution in [0.15, 0.2) is 60.7 Å². The van der Waals surface area contributed by atoms with E-state index in [2.05, 4.69) is 72.5 Å². The molecule has 180 valence electrons. The lowest BCUT2D eigenvalue weighted by Gasteiger charge is -2.38. The summed E-state index contributed by atoms with van der Waals surface area (Å²) >= 11 is 0. The van der Waals surface area contributed by atoms with Gasteiger partial charge < -0.3 is 4.74 Å². The monoisotopic (exact) mass is 449 g/mol. The summed E-state index contributed by atoms with van der Waals surface area (Å²) in [6, 6.07) is 21.7. The largest absolute Gasteiger partial charge is 0.460 e. The van der Waals surface area contributed by atoms with Crippen molar-refractivity contribution in [3.63, 3.8) is 0 Å². The SMILES string of the molecule is CC(c1ccccc1)N(Cc1ccccc1)C(CCC1CCCCC1)CC(=O)OC(C)(C)C. The minimum atomic E-state index is -0.458. The number of esters is 1. The van der Waals surface area contributed by atoms with Crippen molar-refractivity contribution in [3.05, 3.63) is 71.8 Å². The molecule has 0 bridgehead atoms. The van der Waals surface area contributed by atoms with Gasteiger partial charge in [0, 0.05) is 18.6 Å². The highest BCUT2D eigenvalue weighted by Crippen LogP contribution is 2.33. The Balaban J connectivity index is 1.84. The average Bonchev–Trinajstić information content (AvgIpc) is 2.80. The number of rotatable bonds is 10. The summed E-state index contributed by atoms with van der Waals surface area (Å²) < 4.78 is 5.78. The van der Waals surface area contributed by atoms with Gasteiger partial charge in [-0.05, 0) is 57.6 Å². The number of hydrogen-bond donors (Lipinski definition) is 0. The highest BCUT2D eigenvalue weighted by molar-refractivity contribution is 5.70. The topological polar surface area (TPSA) is 29.5 Å². The minimum Gasteiger partial charge on any atom is -0.460 e. The Labute approximate surface area is 201 Å². The Morgan fingerprint density at radius 1 is 0.970 bits per heavy atom. The summed E-state index contributed by atoms with van der Waals surface area (Å²) in [7, 11) is 0. The number of ether oxygens (including phenoxy) is 1. The standard InChI is InChI=1S/C30H43NO2/c1-24(27-18-12-7-13-19-27)31(23-26-16-10-6-11-17-26)28(22-29(32)33-30(2,3)4)21-20-25-14-8-5-9-15-25/h6-7,10-13,16-19,24-25,28H,5,8-9,14-15,20-23H2,1-4H3. The van der Waals surface area contributed by atoms with Crippen LogP contribution in [0.25, 0.3) is 0 Å². The van der Waals surface area contributed by atoms with Crippen molar-refractivity contribution in [2.45, 2.75) is 103 Å². The molecule has 0 heterocycles. The van der Waals surface area contributed by atoms with Gasteiger partial charge in [-0.25, -0.2) is 0 Å². The van der Waals surface area contributed by atoms with Gasteiger partial charge in [0.05, 0.1) is 6.42 Å². The first-order valence-electron chi connectivity index (χ1n) is 12.9. The summed E-state index contributed by atoms with van der Waals surface area (Å²) in [6.45, 7) is 8.97. The molecule has 0 aliphatic heterocycles. The molecule has 2 aromatic carbocycles.